The lowest BCUT2D eigenvalue weighted by Gasteiger charge is -2.03. The standard InChI is InChI=1S/C15H13N3O2S/c1-9-13(14(19)20-2)21-15(17-9)18-11-5-6-12-10(8-11)4-3-7-16-12/h3-8H,1-2H3,(H,17,18). The van der Waals surface area contributed by atoms with Gasteiger partial charge in [0.1, 0.15) is 4.88 Å². The van der Waals surface area contributed by atoms with Crippen LogP contribution < -0.4 is 5.32 Å². The summed E-state index contributed by atoms with van der Waals surface area (Å²) in [5.41, 5.74) is 2.51. The van der Waals surface area contributed by atoms with Gasteiger partial charge in [-0.2, -0.15) is 0 Å². The van der Waals surface area contributed by atoms with Crippen molar-refractivity contribution in [3.05, 3.63) is 47.1 Å². The fourth-order valence-electron chi connectivity index (χ4n) is 2.01. The number of aryl methyl sites for hydroxylation is 1. The van der Waals surface area contributed by atoms with Crippen molar-refractivity contribution in [2.24, 2.45) is 0 Å². The number of esters is 1. The van der Waals surface area contributed by atoms with Gasteiger partial charge in [0.05, 0.1) is 18.3 Å². The maximum absolute atomic E-state index is 11.6. The van der Waals surface area contributed by atoms with Crippen LogP contribution in [-0.2, 0) is 4.74 Å². The van der Waals surface area contributed by atoms with Crippen LogP contribution in [0.5, 0.6) is 0 Å². The van der Waals surface area contributed by atoms with E-state index in [1.54, 1.807) is 13.1 Å². The van der Waals surface area contributed by atoms with E-state index in [1.807, 2.05) is 30.3 Å². The predicted octanol–water partition coefficient (Wildman–Crippen LogP) is 3.53. The number of rotatable bonds is 3. The number of methoxy groups -OCH3 is 1. The van der Waals surface area contributed by atoms with E-state index in [9.17, 15) is 4.79 Å². The second-order valence-electron chi connectivity index (χ2n) is 4.46. The van der Waals surface area contributed by atoms with Crippen molar-refractivity contribution < 1.29 is 9.53 Å². The number of carbonyl (C=O) groups is 1. The molecule has 2 aromatic heterocycles. The van der Waals surface area contributed by atoms with Crippen molar-refractivity contribution in [2.45, 2.75) is 6.92 Å². The number of hydrogen-bond donors (Lipinski definition) is 1. The van der Waals surface area contributed by atoms with Crippen LogP contribution in [-0.4, -0.2) is 23.0 Å². The minimum atomic E-state index is -0.360. The summed E-state index contributed by atoms with van der Waals surface area (Å²) < 4.78 is 4.73. The molecule has 21 heavy (non-hydrogen) atoms. The minimum Gasteiger partial charge on any atom is -0.465 e. The third-order valence-corrected chi connectivity index (χ3v) is 4.07. The lowest BCUT2D eigenvalue weighted by Crippen LogP contribution is -1.99. The van der Waals surface area contributed by atoms with Gasteiger partial charge < -0.3 is 10.1 Å². The highest BCUT2D eigenvalue weighted by atomic mass is 32.1. The molecule has 2 heterocycles. The summed E-state index contributed by atoms with van der Waals surface area (Å²) in [5, 5.41) is 4.92. The van der Waals surface area contributed by atoms with Gasteiger partial charge in [0.15, 0.2) is 5.13 Å². The number of pyridine rings is 1. The molecule has 3 rings (SSSR count). The number of carbonyl (C=O) groups excluding carboxylic acids is 1. The Hall–Kier alpha value is -2.47. The second-order valence-corrected chi connectivity index (χ2v) is 5.46. The third-order valence-electron chi connectivity index (χ3n) is 3.02. The largest absolute Gasteiger partial charge is 0.465 e. The normalized spacial score (nSPS) is 10.6. The van der Waals surface area contributed by atoms with Crippen LogP contribution in [0.4, 0.5) is 10.8 Å². The third kappa shape index (κ3) is 2.71. The molecule has 0 aliphatic heterocycles. The van der Waals surface area contributed by atoms with Crippen LogP contribution in [0.1, 0.15) is 15.4 Å². The highest BCUT2D eigenvalue weighted by Crippen LogP contribution is 2.27. The number of benzene rings is 1. The molecule has 0 spiro atoms. The van der Waals surface area contributed by atoms with Crippen molar-refractivity contribution in [1.29, 1.82) is 0 Å². The van der Waals surface area contributed by atoms with Crippen molar-refractivity contribution in [3.63, 3.8) is 0 Å². The average molecular weight is 299 g/mol. The summed E-state index contributed by atoms with van der Waals surface area (Å²) >= 11 is 1.28. The molecule has 1 aromatic carbocycles. The van der Waals surface area contributed by atoms with Crippen molar-refractivity contribution in [2.75, 3.05) is 12.4 Å². The molecule has 0 fully saturated rings. The molecule has 1 N–H and O–H groups in total. The van der Waals surface area contributed by atoms with Gasteiger partial charge in [0.2, 0.25) is 0 Å². The summed E-state index contributed by atoms with van der Waals surface area (Å²) in [5.74, 6) is -0.360. The van der Waals surface area contributed by atoms with Crippen molar-refractivity contribution >= 4 is 39.0 Å². The number of hydrogen-bond acceptors (Lipinski definition) is 6. The molecule has 0 unspecified atom stereocenters. The van der Waals surface area contributed by atoms with Crippen LogP contribution in [0.3, 0.4) is 0 Å². The van der Waals surface area contributed by atoms with Gasteiger partial charge in [-0.05, 0) is 31.2 Å². The molecular formula is C15H13N3O2S. The first-order valence-corrected chi connectivity index (χ1v) is 7.16. The molecular weight excluding hydrogens is 286 g/mol. The number of nitrogens with one attached hydrogen (secondary N) is 1. The molecule has 106 valence electrons. The highest BCUT2D eigenvalue weighted by molar-refractivity contribution is 7.17. The molecule has 0 saturated carbocycles. The Balaban J connectivity index is 1.89. The maximum Gasteiger partial charge on any atom is 0.350 e. The monoisotopic (exact) mass is 299 g/mol. The van der Waals surface area contributed by atoms with Gasteiger partial charge in [-0.3, -0.25) is 4.98 Å². The molecule has 0 bridgehead atoms. The number of aromatic nitrogens is 2. The number of nitrogens with zero attached hydrogens (tertiary/aromatic N) is 2. The van der Waals surface area contributed by atoms with Gasteiger partial charge in [0.25, 0.3) is 0 Å². The molecule has 0 radical (unpaired) electrons. The molecule has 3 aromatic rings. The summed E-state index contributed by atoms with van der Waals surface area (Å²) in [6.45, 7) is 1.79. The zero-order chi connectivity index (χ0) is 14.8. The lowest BCUT2D eigenvalue weighted by molar-refractivity contribution is 0.0605. The predicted molar refractivity (Wildman–Crippen MR) is 83.2 cm³/mol. The molecule has 0 amide bonds. The van der Waals surface area contributed by atoms with Crippen LogP contribution in [0.25, 0.3) is 10.9 Å². The molecule has 0 atom stereocenters. The molecule has 5 nitrogen and oxygen atoms in total. The molecule has 0 aliphatic rings. The second kappa shape index (κ2) is 5.49. The SMILES string of the molecule is COC(=O)c1sc(Nc2ccc3ncccc3c2)nc1C. The Morgan fingerprint density at radius 3 is 3.00 bits per heavy atom. The van der Waals surface area contributed by atoms with E-state index >= 15 is 0 Å². The smallest absolute Gasteiger partial charge is 0.350 e. The van der Waals surface area contributed by atoms with Crippen LogP contribution in [0.15, 0.2) is 36.5 Å². The van der Waals surface area contributed by atoms with Crippen LogP contribution in [0, 0.1) is 6.92 Å². The zero-order valence-corrected chi connectivity index (χ0v) is 12.4. The number of anilines is 2. The summed E-state index contributed by atoms with van der Waals surface area (Å²) in [7, 11) is 1.37. The van der Waals surface area contributed by atoms with Gasteiger partial charge in [-0.15, -0.1) is 0 Å². The average Bonchev–Trinajstić information content (AvgIpc) is 2.87. The van der Waals surface area contributed by atoms with E-state index in [2.05, 4.69) is 15.3 Å². The lowest BCUT2D eigenvalue weighted by atomic mass is 10.2. The quantitative estimate of drug-likeness (QED) is 0.749. The van der Waals surface area contributed by atoms with Gasteiger partial charge in [-0.25, -0.2) is 9.78 Å². The first-order chi connectivity index (χ1) is 10.2. The molecule has 0 aliphatic carbocycles. The van der Waals surface area contributed by atoms with Gasteiger partial charge in [-0.1, -0.05) is 17.4 Å². The molecule has 6 heteroatoms. The van der Waals surface area contributed by atoms with Crippen LogP contribution in [0.2, 0.25) is 0 Å². The van der Waals surface area contributed by atoms with E-state index in [0.717, 1.165) is 16.6 Å². The zero-order valence-electron chi connectivity index (χ0n) is 11.6. The Kier molecular flexibility index (Phi) is 3.53. The summed E-state index contributed by atoms with van der Waals surface area (Å²) in [6, 6.07) is 9.77. The Bertz CT molecular complexity index is 814. The summed E-state index contributed by atoms with van der Waals surface area (Å²) in [4.78, 5) is 20.7. The maximum atomic E-state index is 11.6. The van der Waals surface area contributed by atoms with Crippen molar-refractivity contribution in [1.82, 2.24) is 9.97 Å². The topological polar surface area (TPSA) is 64.1 Å². The number of ether oxygens (including phenoxy) is 1. The Morgan fingerprint density at radius 2 is 2.19 bits per heavy atom. The summed E-state index contributed by atoms with van der Waals surface area (Å²) in [6.07, 6.45) is 1.77. The van der Waals surface area contributed by atoms with Crippen LogP contribution >= 0.6 is 11.3 Å². The van der Waals surface area contributed by atoms with Gasteiger partial charge >= 0.3 is 5.97 Å². The van der Waals surface area contributed by atoms with Crippen molar-refractivity contribution in [3.8, 4) is 0 Å². The van der Waals surface area contributed by atoms with E-state index < -0.39 is 0 Å². The van der Waals surface area contributed by atoms with E-state index in [1.165, 1.54) is 18.4 Å². The van der Waals surface area contributed by atoms with E-state index in [4.69, 9.17) is 4.74 Å². The number of fused-ring (bicyclic) bond motifs is 1. The first kappa shape index (κ1) is 13.5. The minimum absolute atomic E-state index is 0.360. The number of thiazole rings is 1. The molecule has 0 saturated heterocycles. The highest BCUT2D eigenvalue weighted by Gasteiger charge is 2.15. The first-order valence-electron chi connectivity index (χ1n) is 6.35. The Morgan fingerprint density at radius 1 is 1.33 bits per heavy atom. The fraction of sp³-hybridized carbons (Fsp3) is 0.133. The Labute approximate surface area is 125 Å². The van der Waals surface area contributed by atoms with Gasteiger partial charge in [0, 0.05) is 17.3 Å². The fourth-order valence-corrected chi connectivity index (χ4v) is 2.91. The van der Waals surface area contributed by atoms with E-state index in [-0.39, 0.29) is 5.97 Å². The van der Waals surface area contributed by atoms with E-state index in [0.29, 0.717) is 15.7 Å².